The number of para-hydroxylation sites is 2. The van der Waals surface area contributed by atoms with E-state index in [2.05, 4.69) is 79.7 Å². The van der Waals surface area contributed by atoms with Crippen LogP contribution in [-0.2, 0) is 0 Å². The molecule has 37 heavy (non-hydrogen) atoms. The highest BCUT2D eigenvalue weighted by Crippen LogP contribution is 2.42. The van der Waals surface area contributed by atoms with Gasteiger partial charge in [-0.3, -0.25) is 0 Å². The van der Waals surface area contributed by atoms with Crippen LogP contribution in [0.15, 0.2) is 108 Å². The van der Waals surface area contributed by atoms with Crippen LogP contribution in [0.3, 0.4) is 0 Å². The molecule has 0 fully saturated rings. The summed E-state index contributed by atoms with van der Waals surface area (Å²) in [5.74, 6) is 0. The lowest BCUT2D eigenvalue weighted by atomic mass is 9.97. The highest BCUT2D eigenvalue weighted by atomic mass is 32.1. The van der Waals surface area contributed by atoms with Crippen LogP contribution in [0.2, 0.25) is 0 Å². The Kier molecular flexibility index (Phi) is 4.31. The lowest BCUT2D eigenvalue weighted by Gasteiger charge is -2.08. The summed E-state index contributed by atoms with van der Waals surface area (Å²) >= 11 is 1.89. The first kappa shape index (κ1) is 20.6. The van der Waals surface area contributed by atoms with Crippen molar-refractivity contribution in [2.75, 3.05) is 0 Å². The average molecular weight is 493 g/mol. The van der Waals surface area contributed by atoms with E-state index in [4.69, 9.17) is 14.4 Å². The Labute approximate surface area is 216 Å². The van der Waals surface area contributed by atoms with Crippen molar-refractivity contribution < 1.29 is 4.42 Å². The maximum Gasteiger partial charge on any atom is 0.246 e. The van der Waals surface area contributed by atoms with Crippen molar-refractivity contribution in [3.05, 3.63) is 109 Å². The fourth-order valence-electron chi connectivity index (χ4n) is 5.37. The van der Waals surface area contributed by atoms with Crippen molar-refractivity contribution in [2.45, 2.75) is 6.92 Å². The smallest absolute Gasteiger partial charge is 0.246 e. The van der Waals surface area contributed by atoms with Gasteiger partial charge in [0, 0.05) is 25.6 Å². The van der Waals surface area contributed by atoms with Crippen LogP contribution in [0.25, 0.3) is 75.7 Å². The minimum Gasteiger partial charge on any atom is -0.436 e. The van der Waals surface area contributed by atoms with Gasteiger partial charge in [-0.25, -0.2) is 9.97 Å². The van der Waals surface area contributed by atoms with Gasteiger partial charge in [-0.05, 0) is 65.1 Å². The quantitative estimate of drug-likeness (QED) is 0.241. The van der Waals surface area contributed by atoms with Crippen LogP contribution < -0.4 is 0 Å². The molecule has 0 unspecified atom stereocenters. The summed E-state index contributed by atoms with van der Waals surface area (Å²) in [5.41, 5.74) is 10.0. The highest BCUT2D eigenvalue weighted by molar-refractivity contribution is 7.26. The molecule has 0 aliphatic carbocycles. The monoisotopic (exact) mass is 492 g/mol. The zero-order valence-corrected chi connectivity index (χ0v) is 20.8. The van der Waals surface area contributed by atoms with Gasteiger partial charge in [-0.2, -0.15) is 0 Å². The number of aryl methyl sites for hydroxylation is 1. The molecule has 0 N–H and O–H groups in total. The minimum atomic E-state index is 0.575. The Hall–Kier alpha value is -4.54. The maximum atomic E-state index is 6.06. The molecule has 8 rings (SSSR count). The van der Waals surface area contributed by atoms with Gasteiger partial charge in [0.25, 0.3) is 0 Å². The third-order valence-electron chi connectivity index (χ3n) is 7.21. The van der Waals surface area contributed by atoms with Gasteiger partial charge in [-0.1, -0.05) is 72.8 Å². The third-order valence-corrected chi connectivity index (χ3v) is 8.60. The van der Waals surface area contributed by atoms with Crippen LogP contribution in [0.1, 0.15) is 5.56 Å². The van der Waals surface area contributed by atoms with Gasteiger partial charge >= 0.3 is 0 Å². The lowest BCUT2D eigenvalue weighted by molar-refractivity contribution is 0.655. The number of nitrogens with zero attached hydrogens (tertiary/aromatic N) is 2. The van der Waals surface area contributed by atoms with E-state index in [1.807, 2.05) is 41.7 Å². The van der Waals surface area contributed by atoms with Crippen molar-refractivity contribution in [2.24, 2.45) is 0 Å². The molecule has 5 aromatic carbocycles. The number of aromatic nitrogens is 2. The van der Waals surface area contributed by atoms with Gasteiger partial charge in [-0.15, -0.1) is 11.3 Å². The summed E-state index contributed by atoms with van der Waals surface area (Å²) in [4.78, 5) is 9.57. The van der Waals surface area contributed by atoms with Crippen LogP contribution in [-0.4, -0.2) is 9.97 Å². The fourth-order valence-corrected chi connectivity index (χ4v) is 6.68. The summed E-state index contributed by atoms with van der Waals surface area (Å²) in [6.07, 6.45) is 0. The van der Waals surface area contributed by atoms with Gasteiger partial charge in [0.2, 0.25) is 5.71 Å². The van der Waals surface area contributed by atoms with Crippen LogP contribution in [0, 0.1) is 6.92 Å². The number of hydrogen-bond acceptors (Lipinski definition) is 4. The molecule has 3 aromatic heterocycles. The number of hydrogen-bond donors (Lipinski definition) is 0. The van der Waals surface area contributed by atoms with Crippen LogP contribution >= 0.6 is 11.3 Å². The third kappa shape index (κ3) is 3.13. The minimum absolute atomic E-state index is 0.575. The molecule has 0 bridgehead atoms. The van der Waals surface area contributed by atoms with Gasteiger partial charge in [0.15, 0.2) is 0 Å². The molecule has 8 aromatic rings. The Morgan fingerprint density at radius 1 is 0.595 bits per heavy atom. The van der Waals surface area contributed by atoms with Crippen LogP contribution in [0.5, 0.6) is 0 Å². The number of benzene rings is 5. The van der Waals surface area contributed by atoms with Crippen molar-refractivity contribution >= 4 is 64.7 Å². The number of fused-ring (bicyclic) bond motifs is 7. The topological polar surface area (TPSA) is 38.9 Å². The van der Waals surface area contributed by atoms with E-state index in [1.54, 1.807) is 0 Å². The largest absolute Gasteiger partial charge is 0.436 e. The molecule has 0 saturated heterocycles. The molecule has 4 heteroatoms. The molecule has 0 atom stereocenters. The molecule has 0 amide bonds. The number of furan rings is 1. The molecule has 174 valence electrons. The van der Waals surface area contributed by atoms with E-state index < -0.39 is 0 Å². The van der Waals surface area contributed by atoms with E-state index in [9.17, 15) is 0 Å². The second-order valence-corrected chi connectivity index (χ2v) is 10.5. The van der Waals surface area contributed by atoms with Crippen molar-refractivity contribution in [1.82, 2.24) is 9.97 Å². The molecule has 0 aliphatic heterocycles. The summed E-state index contributed by atoms with van der Waals surface area (Å²) in [6, 6.07) is 36.3. The average Bonchev–Trinajstić information content (AvgIpc) is 3.50. The SMILES string of the molecule is Cc1cccc2c1sc1c(-c3cccc(-c4ccc5oc6nc7ccccc7nc6c5c4)c3)cccc12. The summed E-state index contributed by atoms with van der Waals surface area (Å²) < 4.78 is 8.76. The molecular formula is C33H20N2OS. The summed E-state index contributed by atoms with van der Waals surface area (Å²) in [5, 5.41) is 3.64. The van der Waals surface area contributed by atoms with E-state index in [-0.39, 0.29) is 0 Å². The first-order chi connectivity index (χ1) is 18.2. The van der Waals surface area contributed by atoms with E-state index in [0.717, 1.165) is 38.6 Å². The molecule has 0 aliphatic rings. The molecule has 0 radical (unpaired) electrons. The molecule has 3 nitrogen and oxygen atoms in total. The van der Waals surface area contributed by atoms with Crippen molar-refractivity contribution in [3.8, 4) is 22.3 Å². The summed E-state index contributed by atoms with van der Waals surface area (Å²) in [6.45, 7) is 2.20. The maximum absolute atomic E-state index is 6.06. The Morgan fingerprint density at radius 3 is 2.22 bits per heavy atom. The standard InChI is InChI=1S/C33H20N2OS/c1-19-7-4-11-24-25-12-6-10-23(32(25)37-31(19)24)22-9-5-8-20(17-22)21-15-16-29-26(18-21)30-33(36-29)35-28-14-3-2-13-27(28)34-30/h2-18H,1H3. The molecule has 3 heterocycles. The second-order valence-electron chi connectivity index (χ2n) is 9.50. The second kappa shape index (κ2) is 7.73. The van der Waals surface area contributed by atoms with Crippen molar-refractivity contribution in [3.63, 3.8) is 0 Å². The predicted molar refractivity (Wildman–Crippen MR) is 155 cm³/mol. The Bertz CT molecular complexity index is 2170. The number of thiophene rings is 1. The normalized spacial score (nSPS) is 11.9. The van der Waals surface area contributed by atoms with Gasteiger partial charge in [0.1, 0.15) is 11.1 Å². The van der Waals surface area contributed by atoms with E-state index in [1.165, 1.54) is 36.9 Å². The summed E-state index contributed by atoms with van der Waals surface area (Å²) in [7, 11) is 0. The highest BCUT2D eigenvalue weighted by Gasteiger charge is 2.14. The Morgan fingerprint density at radius 2 is 1.32 bits per heavy atom. The molecule has 0 saturated carbocycles. The lowest BCUT2D eigenvalue weighted by Crippen LogP contribution is -1.84. The first-order valence-corrected chi connectivity index (χ1v) is 13.2. The predicted octanol–water partition coefficient (Wildman–Crippen LogP) is 9.54. The van der Waals surface area contributed by atoms with Gasteiger partial charge < -0.3 is 4.42 Å². The zero-order chi connectivity index (χ0) is 24.5. The molecular weight excluding hydrogens is 472 g/mol. The molecule has 0 spiro atoms. The first-order valence-electron chi connectivity index (χ1n) is 12.3. The fraction of sp³-hybridized carbons (Fsp3) is 0.0303. The van der Waals surface area contributed by atoms with Gasteiger partial charge in [0.05, 0.1) is 11.0 Å². The zero-order valence-electron chi connectivity index (χ0n) is 20.0. The van der Waals surface area contributed by atoms with E-state index >= 15 is 0 Å². The Balaban J connectivity index is 1.30. The van der Waals surface area contributed by atoms with E-state index in [0.29, 0.717) is 5.71 Å². The van der Waals surface area contributed by atoms with Crippen LogP contribution in [0.4, 0.5) is 0 Å². The van der Waals surface area contributed by atoms with Crippen molar-refractivity contribution in [1.29, 1.82) is 0 Å². The number of rotatable bonds is 2.